The van der Waals surface area contributed by atoms with Gasteiger partial charge in [-0.05, 0) is 42.9 Å². The van der Waals surface area contributed by atoms with Gasteiger partial charge in [0, 0.05) is 17.4 Å². The number of ether oxygens (including phenoxy) is 2. The van der Waals surface area contributed by atoms with Gasteiger partial charge < -0.3 is 14.8 Å². The first-order valence-electron chi connectivity index (χ1n) is 6.79. The van der Waals surface area contributed by atoms with E-state index in [0.29, 0.717) is 25.1 Å². The van der Waals surface area contributed by atoms with E-state index >= 15 is 0 Å². The van der Waals surface area contributed by atoms with Gasteiger partial charge in [0.05, 0.1) is 7.11 Å². The number of rotatable bonds is 7. The maximum absolute atomic E-state index is 11.6. The van der Waals surface area contributed by atoms with Crippen LogP contribution in [0.4, 0.5) is 0 Å². The van der Waals surface area contributed by atoms with E-state index in [9.17, 15) is 9.59 Å². The number of hydrogen-bond donors (Lipinski definition) is 3. The van der Waals surface area contributed by atoms with E-state index in [1.165, 1.54) is 7.11 Å². The van der Waals surface area contributed by atoms with Crippen molar-refractivity contribution >= 4 is 45.1 Å². The van der Waals surface area contributed by atoms with Crippen LogP contribution in [0.3, 0.4) is 0 Å². The standard InChI is InChI=1S/C14H18BrN3O4S/c1-21-13(20)3-2-8-16-14(23)18-17-12(19)9-22-11-6-4-10(15)5-7-11/h4-7H,2-3,8-9H2,1H3,(H,17,19)(H2,16,18,23). The molecule has 0 atom stereocenters. The van der Waals surface area contributed by atoms with Crippen molar-refractivity contribution in [3.05, 3.63) is 28.7 Å². The Bertz CT molecular complexity index is 539. The summed E-state index contributed by atoms with van der Waals surface area (Å²) in [6, 6.07) is 7.13. The number of amides is 1. The van der Waals surface area contributed by atoms with Crippen molar-refractivity contribution < 1.29 is 19.1 Å². The van der Waals surface area contributed by atoms with Crippen LogP contribution in [0.15, 0.2) is 28.7 Å². The SMILES string of the molecule is COC(=O)CCCNC(=S)NNC(=O)COc1ccc(Br)cc1. The lowest BCUT2D eigenvalue weighted by molar-refractivity contribution is -0.140. The van der Waals surface area contributed by atoms with Crippen LogP contribution >= 0.6 is 28.1 Å². The largest absolute Gasteiger partial charge is 0.484 e. The van der Waals surface area contributed by atoms with Crippen molar-refractivity contribution in [1.29, 1.82) is 0 Å². The summed E-state index contributed by atoms with van der Waals surface area (Å²) in [7, 11) is 1.34. The zero-order valence-corrected chi connectivity index (χ0v) is 15.0. The van der Waals surface area contributed by atoms with E-state index in [-0.39, 0.29) is 23.6 Å². The monoisotopic (exact) mass is 403 g/mol. The summed E-state index contributed by atoms with van der Waals surface area (Å²) in [6.45, 7) is 0.353. The second kappa shape index (κ2) is 10.8. The van der Waals surface area contributed by atoms with Crippen molar-refractivity contribution in [2.75, 3.05) is 20.3 Å². The molecule has 1 amide bonds. The van der Waals surface area contributed by atoms with Crippen LogP contribution in [-0.2, 0) is 14.3 Å². The highest BCUT2D eigenvalue weighted by atomic mass is 79.9. The molecule has 0 unspecified atom stereocenters. The average molecular weight is 404 g/mol. The maximum Gasteiger partial charge on any atom is 0.305 e. The molecule has 0 aliphatic rings. The molecule has 0 aliphatic carbocycles. The molecule has 0 aliphatic heterocycles. The third-order valence-electron chi connectivity index (χ3n) is 2.57. The van der Waals surface area contributed by atoms with Crippen LogP contribution in [0.1, 0.15) is 12.8 Å². The minimum absolute atomic E-state index is 0.139. The normalized spacial score (nSPS) is 9.65. The van der Waals surface area contributed by atoms with Gasteiger partial charge in [-0.25, -0.2) is 0 Å². The van der Waals surface area contributed by atoms with Crippen LogP contribution in [0, 0.1) is 0 Å². The van der Waals surface area contributed by atoms with Crippen molar-refractivity contribution in [3.63, 3.8) is 0 Å². The molecule has 0 radical (unpaired) electrons. The van der Waals surface area contributed by atoms with E-state index in [0.717, 1.165) is 4.47 Å². The molecule has 0 saturated heterocycles. The quantitative estimate of drug-likeness (QED) is 0.273. The smallest absolute Gasteiger partial charge is 0.305 e. The van der Waals surface area contributed by atoms with E-state index in [1.807, 2.05) is 12.1 Å². The molecule has 1 rings (SSSR count). The summed E-state index contributed by atoms with van der Waals surface area (Å²) in [5.41, 5.74) is 4.95. The molecule has 0 spiro atoms. The van der Waals surface area contributed by atoms with E-state index < -0.39 is 0 Å². The predicted octanol–water partition coefficient (Wildman–Crippen LogP) is 1.28. The Kier molecular flexibility index (Phi) is 9.00. The summed E-state index contributed by atoms with van der Waals surface area (Å²) < 4.78 is 10.8. The summed E-state index contributed by atoms with van der Waals surface area (Å²) in [5.74, 6) is -0.0532. The Balaban J connectivity index is 2.11. The molecular weight excluding hydrogens is 386 g/mol. The van der Waals surface area contributed by atoms with E-state index in [2.05, 4.69) is 36.8 Å². The van der Waals surface area contributed by atoms with Crippen molar-refractivity contribution in [1.82, 2.24) is 16.2 Å². The van der Waals surface area contributed by atoms with Crippen molar-refractivity contribution in [2.24, 2.45) is 0 Å². The van der Waals surface area contributed by atoms with Gasteiger partial charge in [0.2, 0.25) is 0 Å². The third-order valence-corrected chi connectivity index (χ3v) is 3.34. The molecule has 7 nitrogen and oxygen atoms in total. The number of esters is 1. The second-order valence-corrected chi connectivity index (χ2v) is 5.68. The molecule has 0 fully saturated rings. The second-order valence-electron chi connectivity index (χ2n) is 4.35. The highest BCUT2D eigenvalue weighted by Crippen LogP contribution is 2.15. The van der Waals surface area contributed by atoms with Gasteiger partial charge in [-0.15, -0.1) is 0 Å². The average Bonchev–Trinajstić information content (AvgIpc) is 2.56. The third kappa shape index (κ3) is 8.99. The van der Waals surface area contributed by atoms with Gasteiger partial charge in [0.25, 0.3) is 5.91 Å². The molecular formula is C14H18BrN3O4S. The molecule has 23 heavy (non-hydrogen) atoms. The van der Waals surface area contributed by atoms with Crippen molar-refractivity contribution in [2.45, 2.75) is 12.8 Å². The lowest BCUT2D eigenvalue weighted by atomic mass is 10.3. The van der Waals surface area contributed by atoms with Gasteiger partial charge in [0.15, 0.2) is 11.7 Å². The van der Waals surface area contributed by atoms with Crippen LogP contribution in [0.5, 0.6) is 5.75 Å². The van der Waals surface area contributed by atoms with Gasteiger partial charge in [-0.2, -0.15) is 0 Å². The number of carbonyl (C=O) groups excluding carboxylic acids is 2. The first-order chi connectivity index (χ1) is 11.0. The minimum Gasteiger partial charge on any atom is -0.484 e. The number of nitrogens with one attached hydrogen (secondary N) is 3. The lowest BCUT2D eigenvalue weighted by Gasteiger charge is -2.12. The highest BCUT2D eigenvalue weighted by Gasteiger charge is 2.04. The molecule has 126 valence electrons. The summed E-state index contributed by atoms with van der Waals surface area (Å²) in [6.07, 6.45) is 0.884. The van der Waals surface area contributed by atoms with Gasteiger partial charge in [-0.1, -0.05) is 15.9 Å². The molecule has 3 N–H and O–H groups in total. The number of halogens is 1. The van der Waals surface area contributed by atoms with Gasteiger partial charge >= 0.3 is 5.97 Å². The number of carbonyl (C=O) groups is 2. The molecule has 0 bridgehead atoms. The number of thiocarbonyl (C=S) groups is 1. The Hall–Kier alpha value is -1.87. The predicted molar refractivity (Wildman–Crippen MR) is 92.8 cm³/mol. The first kappa shape index (κ1) is 19.2. The molecule has 1 aromatic rings. The molecule has 9 heteroatoms. The van der Waals surface area contributed by atoms with E-state index in [4.69, 9.17) is 17.0 Å². The highest BCUT2D eigenvalue weighted by molar-refractivity contribution is 9.10. The zero-order chi connectivity index (χ0) is 17.1. The Labute approximate surface area is 148 Å². The fourth-order valence-electron chi connectivity index (χ4n) is 1.42. The Morgan fingerprint density at radius 1 is 1.22 bits per heavy atom. The van der Waals surface area contributed by atoms with Gasteiger partial charge in [0.1, 0.15) is 5.75 Å². The molecule has 1 aromatic carbocycles. The molecule has 0 saturated carbocycles. The fraction of sp³-hybridized carbons (Fsp3) is 0.357. The van der Waals surface area contributed by atoms with E-state index in [1.54, 1.807) is 12.1 Å². The number of methoxy groups -OCH3 is 1. The lowest BCUT2D eigenvalue weighted by Crippen LogP contribution is -2.48. The van der Waals surface area contributed by atoms with Crippen LogP contribution < -0.4 is 20.9 Å². The minimum atomic E-state index is -0.369. The van der Waals surface area contributed by atoms with Crippen LogP contribution in [-0.4, -0.2) is 37.3 Å². The Morgan fingerprint density at radius 3 is 2.57 bits per heavy atom. The Morgan fingerprint density at radius 2 is 1.91 bits per heavy atom. The topological polar surface area (TPSA) is 88.7 Å². The number of benzene rings is 1. The van der Waals surface area contributed by atoms with Gasteiger partial charge in [-0.3, -0.25) is 20.4 Å². The number of hydrogen-bond acceptors (Lipinski definition) is 5. The van der Waals surface area contributed by atoms with Crippen LogP contribution in [0.25, 0.3) is 0 Å². The first-order valence-corrected chi connectivity index (χ1v) is 7.99. The maximum atomic E-state index is 11.6. The summed E-state index contributed by atoms with van der Waals surface area (Å²) >= 11 is 8.28. The number of hydrazine groups is 1. The van der Waals surface area contributed by atoms with Crippen LogP contribution in [0.2, 0.25) is 0 Å². The molecule has 0 heterocycles. The molecule has 0 aromatic heterocycles. The van der Waals surface area contributed by atoms with Crippen molar-refractivity contribution in [3.8, 4) is 5.75 Å². The summed E-state index contributed by atoms with van der Waals surface area (Å²) in [4.78, 5) is 22.5. The summed E-state index contributed by atoms with van der Waals surface area (Å²) in [5, 5.41) is 3.11. The zero-order valence-electron chi connectivity index (χ0n) is 12.6. The fourth-order valence-corrected chi connectivity index (χ4v) is 1.84.